The van der Waals surface area contributed by atoms with E-state index in [1.165, 1.54) is 49.1 Å². The van der Waals surface area contributed by atoms with Crippen molar-refractivity contribution in [3.63, 3.8) is 0 Å². The van der Waals surface area contributed by atoms with Gasteiger partial charge < -0.3 is 14.8 Å². The Hall–Kier alpha value is -2.84. The third-order valence-electron chi connectivity index (χ3n) is 5.67. The Morgan fingerprint density at radius 2 is 1.79 bits per heavy atom. The van der Waals surface area contributed by atoms with Crippen molar-refractivity contribution in [1.82, 2.24) is 9.62 Å². The molecule has 2 aromatic rings. The highest BCUT2D eigenvalue weighted by molar-refractivity contribution is 7.89. The van der Waals surface area contributed by atoms with E-state index in [-0.39, 0.29) is 23.9 Å². The summed E-state index contributed by atoms with van der Waals surface area (Å²) < 4.78 is 38.7. The van der Waals surface area contributed by atoms with E-state index in [2.05, 4.69) is 11.4 Å². The first kappa shape index (κ1) is 24.8. The molecule has 0 saturated carbocycles. The van der Waals surface area contributed by atoms with Gasteiger partial charge in [0.25, 0.3) is 0 Å². The van der Waals surface area contributed by atoms with Crippen LogP contribution >= 0.6 is 0 Å². The zero-order chi connectivity index (χ0) is 23.7. The highest BCUT2D eigenvalue weighted by Crippen LogP contribution is 2.31. The lowest BCUT2D eigenvalue weighted by Gasteiger charge is -2.23. The molecule has 0 radical (unpaired) electrons. The number of nitrogens with zero attached hydrogens (tertiary/aromatic N) is 1. The van der Waals surface area contributed by atoms with Gasteiger partial charge in [0.1, 0.15) is 0 Å². The summed E-state index contributed by atoms with van der Waals surface area (Å²) in [4.78, 5) is 12.7. The standard InChI is InChI=1S/C25H32N2O5S/c1-31-23-14-13-22(17-24(23)32-2)33(29,30)27(18-21-11-7-4-8-12-21)19-25(28)26-16-15-20-9-5-3-6-10-20/h4,7-9,11-14,17H,3,5-6,10,15-16,18-19H2,1-2H3,(H,26,28). The molecule has 178 valence electrons. The summed E-state index contributed by atoms with van der Waals surface area (Å²) in [5.41, 5.74) is 2.15. The monoisotopic (exact) mass is 472 g/mol. The summed E-state index contributed by atoms with van der Waals surface area (Å²) in [5, 5.41) is 2.88. The van der Waals surface area contributed by atoms with Crippen molar-refractivity contribution in [2.24, 2.45) is 0 Å². The van der Waals surface area contributed by atoms with Gasteiger partial charge in [-0.1, -0.05) is 42.0 Å². The maximum atomic E-state index is 13.5. The summed E-state index contributed by atoms with van der Waals surface area (Å²) in [6, 6.07) is 13.6. The fourth-order valence-corrected chi connectivity index (χ4v) is 5.25. The van der Waals surface area contributed by atoms with Crippen molar-refractivity contribution in [1.29, 1.82) is 0 Å². The van der Waals surface area contributed by atoms with Gasteiger partial charge in [-0.2, -0.15) is 4.31 Å². The Morgan fingerprint density at radius 1 is 1.03 bits per heavy atom. The second-order valence-electron chi connectivity index (χ2n) is 7.98. The molecule has 1 aliphatic carbocycles. The van der Waals surface area contributed by atoms with Crippen molar-refractivity contribution < 1.29 is 22.7 Å². The number of benzene rings is 2. The van der Waals surface area contributed by atoms with E-state index in [1.807, 2.05) is 30.3 Å². The molecule has 1 aliphatic rings. The molecule has 2 aromatic carbocycles. The molecule has 0 spiro atoms. The normalized spacial score (nSPS) is 14.0. The number of sulfonamides is 1. The number of rotatable bonds is 11. The van der Waals surface area contributed by atoms with Gasteiger partial charge in [-0.05, 0) is 49.8 Å². The number of carbonyl (C=O) groups excluding carboxylic acids is 1. The first-order valence-corrected chi connectivity index (χ1v) is 12.6. The van der Waals surface area contributed by atoms with Crippen molar-refractivity contribution in [3.8, 4) is 11.5 Å². The predicted molar refractivity (Wildman–Crippen MR) is 128 cm³/mol. The Kier molecular flexibility index (Phi) is 8.91. The van der Waals surface area contributed by atoms with Gasteiger partial charge in [-0.15, -0.1) is 0 Å². The van der Waals surface area contributed by atoms with Gasteiger partial charge in [-0.25, -0.2) is 8.42 Å². The van der Waals surface area contributed by atoms with Gasteiger partial charge in [0, 0.05) is 19.2 Å². The molecule has 8 heteroatoms. The fraction of sp³-hybridized carbons (Fsp3) is 0.400. The lowest BCUT2D eigenvalue weighted by molar-refractivity contribution is -0.121. The van der Waals surface area contributed by atoms with Crippen LogP contribution in [0.25, 0.3) is 0 Å². The van der Waals surface area contributed by atoms with Crippen LogP contribution in [-0.2, 0) is 21.4 Å². The van der Waals surface area contributed by atoms with Crippen LogP contribution in [-0.4, -0.2) is 45.9 Å². The van der Waals surface area contributed by atoms with E-state index in [0.717, 1.165) is 24.8 Å². The molecule has 0 heterocycles. The number of hydrogen-bond donors (Lipinski definition) is 1. The van der Waals surface area contributed by atoms with E-state index in [4.69, 9.17) is 9.47 Å². The molecule has 1 amide bonds. The zero-order valence-corrected chi connectivity index (χ0v) is 20.1. The van der Waals surface area contributed by atoms with Gasteiger partial charge >= 0.3 is 0 Å². The number of amides is 1. The largest absolute Gasteiger partial charge is 0.493 e. The lowest BCUT2D eigenvalue weighted by atomic mass is 9.97. The highest BCUT2D eigenvalue weighted by Gasteiger charge is 2.28. The number of hydrogen-bond acceptors (Lipinski definition) is 5. The maximum absolute atomic E-state index is 13.5. The van der Waals surface area contributed by atoms with Gasteiger partial charge in [0.05, 0.1) is 25.7 Å². The quantitative estimate of drug-likeness (QED) is 0.502. The summed E-state index contributed by atoms with van der Waals surface area (Å²) >= 11 is 0. The molecule has 0 aliphatic heterocycles. The molecule has 7 nitrogen and oxygen atoms in total. The number of methoxy groups -OCH3 is 2. The number of nitrogens with one attached hydrogen (secondary N) is 1. The topological polar surface area (TPSA) is 84.9 Å². The van der Waals surface area contributed by atoms with E-state index in [9.17, 15) is 13.2 Å². The third kappa shape index (κ3) is 6.82. The van der Waals surface area contributed by atoms with Crippen molar-refractivity contribution in [3.05, 3.63) is 65.7 Å². The van der Waals surface area contributed by atoms with Crippen LogP contribution in [0.2, 0.25) is 0 Å². The summed E-state index contributed by atoms with van der Waals surface area (Å²) in [5.74, 6) is 0.413. The molecule has 0 bridgehead atoms. The van der Waals surface area contributed by atoms with Gasteiger partial charge in [0.2, 0.25) is 15.9 Å². The smallest absolute Gasteiger partial charge is 0.243 e. The molecule has 33 heavy (non-hydrogen) atoms. The first-order chi connectivity index (χ1) is 15.9. The molecule has 0 aromatic heterocycles. The second-order valence-corrected chi connectivity index (χ2v) is 9.92. The third-order valence-corrected chi connectivity index (χ3v) is 7.46. The minimum atomic E-state index is -3.97. The van der Waals surface area contributed by atoms with Crippen LogP contribution in [0.3, 0.4) is 0 Å². The molecular weight excluding hydrogens is 440 g/mol. The molecule has 0 saturated heterocycles. The molecular formula is C25H32N2O5S. The van der Waals surface area contributed by atoms with Gasteiger partial charge in [-0.3, -0.25) is 4.79 Å². The van der Waals surface area contributed by atoms with Crippen LogP contribution < -0.4 is 14.8 Å². The van der Waals surface area contributed by atoms with Gasteiger partial charge in [0.15, 0.2) is 11.5 Å². The minimum absolute atomic E-state index is 0.0382. The Bertz CT molecular complexity index is 1070. The average molecular weight is 473 g/mol. The van der Waals surface area contributed by atoms with Crippen LogP contribution in [0, 0.1) is 0 Å². The summed E-state index contributed by atoms with van der Waals surface area (Å²) in [7, 11) is -1.03. The summed E-state index contributed by atoms with van der Waals surface area (Å²) in [6.07, 6.45) is 7.62. The second kappa shape index (κ2) is 11.9. The SMILES string of the molecule is COc1ccc(S(=O)(=O)N(CC(=O)NCCC2=CCCCC2)Cc2ccccc2)cc1OC. The Morgan fingerprint density at radius 3 is 2.45 bits per heavy atom. The van der Waals surface area contributed by atoms with Crippen LogP contribution in [0.15, 0.2) is 65.1 Å². The number of allylic oxidation sites excluding steroid dienone is 1. The van der Waals surface area contributed by atoms with Crippen LogP contribution in [0.1, 0.15) is 37.7 Å². The predicted octanol–water partition coefficient (Wildman–Crippen LogP) is 3.90. The fourth-order valence-electron chi connectivity index (χ4n) is 3.85. The Balaban J connectivity index is 1.77. The summed E-state index contributed by atoms with van der Waals surface area (Å²) in [6.45, 7) is 0.307. The van der Waals surface area contributed by atoms with E-state index in [1.54, 1.807) is 6.07 Å². The van der Waals surface area contributed by atoms with Crippen LogP contribution in [0.5, 0.6) is 11.5 Å². The lowest BCUT2D eigenvalue weighted by Crippen LogP contribution is -2.40. The molecule has 0 unspecified atom stereocenters. The number of ether oxygens (including phenoxy) is 2. The molecule has 1 N–H and O–H groups in total. The minimum Gasteiger partial charge on any atom is -0.493 e. The van der Waals surface area contributed by atoms with Crippen molar-refractivity contribution in [2.45, 2.75) is 43.5 Å². The highest BCUT2D eigenvalue weighted by atomic mass is 32.2. The number of carbonyl (C=O) groups is 1. The molecule has 0 atom stereocenters. The van der Waals surface area contributed by atoms with Crippen molar-refractivity contribution in [2.75, 3.05) is 27.3 Å². The average Bonchev–Trinajstić information content (AvgIpc) is 2.84. The molecule has 0 fully saturated rings. The first-order valence-electron chi connectivity index (χ1n) is 11.1. The van der Waals surface area contributed by atoms with E-state index in [0.29, 0.717) is 18.0 Å². The van der Waals surface area contributed by atoms with E-state index < -0.39 is 10.0 Å². The van der Waals surface area contributed by atoms with Crippen LogP contribution in [0.4, 0.5) is 0 Å². The molecule has 3 rings (SSSR count). The maximum Gasteiger partial charge on any atom is 0.243 e. The van der Waals surface area contributed by atoms with Crippen molar-refractivity contribution >= 4 is 15.9 Å². The Labute approximate surface area is 196 Å². The van der Waals surface area contributed by atoms with E-state index >= 15 is 0 Å². The zero-order valence-electron chi connectivity index (χ0n) is 19.2.